The van der Waals surface area contributed by atoms with Gasteiger partial charge in [0.15, 0.2) is 0 Å². The Morgan fingerprint density at radius 2 is 2.04 bits per heavy atom. The average molecular weight is 360 g/mol. The molecule has 25 heavy (non-hydrogen) atoms. The van der Waals surface area contributed by atoms with Gasteiger partial charge < -0.3 is 20.1 Å². The molecule has 7 heteroatoms. The molecule has 6 nitrogen and oxygen atoms in total. The van der Waals surface area contributed by atoms with E-state index in [1.165, 1.54) is 16.8 Å². The van der Waals surface area contributed by atoms with E-state index in [4.69, 9.17) is 22.1 Å². The number of anilines is 1. The Balaban J connectivity index is 2.38. The predicted molar refractivity (Wildman–Crippen MR) is 94.8 cm³/mol. The molecule has 3 N–H and O–H groups in total. The maximum absolute atomic E-state index is 12.6. The standard InChI is InChI=1S/C18H18ClN3O3/c1-17(2)18(3,24)15(22-9-11(21)7-13(19)16(22)23)12-6-10(8-20)4-5-14(12)25-17/h4-7,9,15,24H,21H2,1-3H3. The number of ether oxygens (including phenoxy) is 1. The molecule has 2 heterocycles. The molecule has 0 radical (unpaired) electrons. The maximum Gasteiger partial charge on any atom is 0.270 e. The molecule has 0 spiro atoms. The minimum atomic E-state index is -1.48. The van der Waals surface area contributed by atoms with Crippen LogP contribution in [0.4, 0.5) is 5.69 Å². The van der Waals surface area contributed by atoms with E-state index in [0.717, 1.165) is 0 Å². The molecule has 0 amide bonds. The van der Waals surface area contributed by atoms with Crippen molar-refractivity contribution in [1.82, 2.24) is 4.57 Å². The highest BCUT2D eigenvalue weighted by atomic mass is 35.5. The number of aliphatic hydroxyl groups is 1. The summed E-state index contributed by atoms with van der Waals surface area (Å²) in [6, 6.07) is 7.49. The Bertz CT molecular complexity index is 957. The van der Waals surface area contributed by atoms with Crippen LogP contribution in [0.1, 0.15) is 37.9 Å². The van der Waals surface area contributed by atoms with Crippen molar-refractivity contribution in [1.29, 1.82) is 5.26 Å². The van der Waals surface area contributed by atoms with Crippen molar-refractivity contribution >= 4 is 17.3 Å². The molecule has 130 valence electrons. The summed E-state index contributed by atoms with van der Waals surface area (Å²) < 4.78 is 7.25. The quantitative estimate of drug-likeness (QED) is 0.814. The van der Waals surface area contributed by atoms with Gasteiger partial charge in [0.1, 0.15) is 22.0 Å². The van der Waals surface area contributed by atoms with Crippen molar-refractivity contribution in [3.05, 3.63) is 57.0 Å². The van der Waals surface area contributed by atoms with Crippen LogP contribution in [0.2, 0.25) is 5.02 Å². The summed E-state index contributed by atoms with van der Waals surface area (Å²) in [6.45, 7) is 5.06. The number of benzene rings is 1. The fourth-order valence-electron chi connectivity index (χ4n) is 3.14. The normalized spacial score (nSPS) is 24.1. The molecule has 0 saturated heterocycles. The minimum absolute atomic E-state index is 0.0434. The highest BCUT2D eigenvalue weighted by molar-refractivity contribution is 6.30. The van der Waals surface area contributed by atoms with E-state index in [0.29, 0.717) is 22.6 Å². The monoisotopic (exact) mass is 359 g/mol. The number of halogens is 1. The molecular formula is C18H18ClN3O3. The summed E-state index contributed by atoms with van der Waals surface area (Å²) in [6.07, 6.45) is 1.44. The molecule has 3 rings (SSSR count). The largest absolute Gasteiger partial charge is 0.484 e. The highest BCUT2D eigenvalue weighted by Gasteiger charge is 2.53. The molecule has 1 aromatic carbocycles. The van der Waals surface area contributed by atoms with E-state index < -0.39 is 22.8 Å². The van der Waals surface area contributed by atoms with Gasteiger partial charge in [0, 0.05) is 17.4 Å². The lowest BCUT2D eigenvalue weighted by molar-refractivity contribution is -0.139. The number of nitrogen functional groups attached to an aromatic ring is 1. The van der Waals surface area contributed by atoms with Gasteiger partial charge in [-0.2, -0.15) is 5.26 Å². The second-order valence-electron chi connectivity index (χ2n) is 6.86. The van der Waals surface area contributed by atoms with Gasteiger partial charge in [-0.05, 0) is 45.0 Å². The van der Waals surface area contributed by atoms with Crippen molar-refractivity contribution in [3.63, 3.8) is 0 Å². The number of nitriles is 1. The Labute approximate surface area is 150 Å². The zero-order chi connectivity index (χ0) is 18.6. The smallest absolute Gasteiger partial charge is 0.270 e. The van der Waals surface area contributed by atoms with Crippen LogP contribution in [0.5, 0.6) is 5.75 Å². The molecule has 0 fully saturated rings. The van der Waals surface area contributed by atoms with E-state index >= 15 is 0 Å². The molecule has 1 aliphatic rings. The Morgan fingerprint density at radius 1 is 1.36 bits per heavy atom. The van der Waals surface area contributed by atoms with Crippen LogP contribution in [0.25, 0.3) is 0 Å². The number of nitrogens with two attached hydrogens (primary N) is 1. The molecule has 2 unspecified atom stereocenters. The second kappa shape index (κ2) is 5.51. The Hall–Kier alpha value is -2.49. The lowest BCUT2D eigenvalue weighted by Crippen LogP contribution is -2.60. The van der Waals surface area contributed by atoms with Gasteiger partial charge >= 0.3 is 0 Å². The first-order valence-electron chi connectivity index (χ1n) is 7.71. The van der Waals surface area contributed by atoms with Gasteiger partial charge in [-0.25, -0.2) is 0 Å². The van der Waals surface area contributed by atoms with Gasteiger partial charge in [0.25, 0.3) is 5.56 Å². The highest BCUT2D eigenvalue weighted by Crippen LogP contribution is 2.48. The minimum Gasteiger partial charge on any atom is -0.484 e. The number of pyridine rings is 1. The van der Waals surface area contributed by atoms with Crippen molar-refractivity contribution in [2.45, 2.75) is 38.0 Å². The first-order chi connectivity index (χ1) is 11.6. The summed E-state index contributed by atoms with van der Waals surface area (Å²) in [5.41, 5.74) is 4.11. The summed E-state index contributed by atoms with van der Waals surface area (Å²) in [4.78, 5) is 12.6. The maximum atomic E-state index is 12.6. The molecule has 1 aliphatic heterocycles. The van der Waals surface area contributed by atoms with E-state index in [1.807, 2.05) is 0 Å². The third kappa shape index (κ3) is 2.56. The number of rotatable bonds is 1. The van der Waals surface area contributed by atoms with Crippen LogP contribution in [0, 0.1) is 11.3 Å². The van der Waals surface area contributed by atoms with Crippen LogP contribution in [-0.2, 0) is 0 Å². The first-order valence-corrected chi connectivity index (χ1v) is 8.09. The number of hydrogen-bond acceptors (Lipinski definition) is 5. The fourth-order valence-corrected chi connectivity index (χ4v) is 3.36. The van der Waals surface area contributed by atoms with Gasteiger partial charge in [-0.3, -0.25) is 4.79 Å². The van der Waals surface area contributed by atoms with Crippen LogP contribution in [0.3, 0.4) is 0 Å². The molecule has 0 aliphatic carbocycles. The summed E-state index contributed by atoms with van der Waals surface area (Å²) in [7, 11) is 0. The van der Waals surface area contributed by atoms with E-state index in [-0.39, 0.29) is 5.02 Å². The zero-order valence-corrected chi connectivity index (χ0v) is 14.8. The molecule has 0 saturated carbocycles. The number of hydrogen-bond donors (Lipinski definition) is 2. The zero-order valence-electron chi connectivity index (χ0n) is 14.1. The van der Waals surface area contributed by atoms with Crippen molar-refractivity contribution in [2.75, 3.05) is 5.73 Å². The first kappa shape index (κ1) is 17.3. The third-order valence-corrected chi connectivity index (χ3v) is 5.12. The number of fused-ring (bicyclic) bond motifs is 1. The van der Waals surface area contributed by atoms with Crippen molar-refractivity contribution in [3.8, 4) is 11.8 Å². The molecule has 0 bridgehead atoms. The van der Waals surface area contributed by atoms with E-state index in [9.17, 15) is 15.2 Å². The van der Waals surface area contributed by atoms with Gasteiger partial charge in [0.05, 0.1) is 17.7 Å². The second-order valence-corrected chi connectivity index (χ2v) is 7.27. The summed E-state index contributed by atoms with van der Waals surface area (Å²) in [5, 5.41) is 20.4. The van der Waals surface area contributed by atoms with E-state index in [1.54, 1.807) is 39.0 Å². The number of aromatic nitrogens is 1. The lowest BCUT2D eigenvalue weighted by atomic mass is 9.75. The topological polar surface area (TPSA) is 101 Å². The van der Waals surface area contributed by atoms with Crippen LogP contribution >= 0.6 is 11.6 Å². The van der Waals surface area contributed by atoms with Gasteiger partial charge in [0.2, 0.25) is 0 Å². The molecular weight excluding hydrogens is 342 g/mol. The van der Waals surface area contributed by atoms with Crippen molar-refractivity contribution in [2.24, 2.45) is 0 Å². The lowest BCUT2D eigenvalue weighted by Gasteiger charge is -2.50. The van der Waals surface area contributed by atoms with Gasteiger partial charge in [-0.15, -0.1) is 0 Å². The number of nitrogens with zero attached hydrogens (tertiary/aromatic N) is 2. The Morgan fingerprint density at radius 3 is 2.68 bits per heavy atom. The van der Waals surface area contributed by atoms with Gasteiger partial charge in [-0.1, -0.05) is 11.6 Å². The molecule has 2 aromatic rings. The Kier molecular flexibility index (Phi) is 3.82. The SMILES string of the molecule is CC1(C)Oc2ccc(C#N)cc2C(n2cc(N)cc(Cl)c2=O)C1(C)O. The summed E-state index contributed by atoms with van der Waals surface area (Å²) >= 11 is 6.01. The fraction of sp³-hybridized carbons (Fsp3) is 0.333. The molecule has 1 aromatic heterocycles. The predicted octanol–water partition coefficient (Wildman–Crippen LogP) is 2.47. The summed E-state index contributed by atoms with van der Waals surface area (Å²) in [5.74, 6) is 0.492. The van der Waals surface area contributed by atoms with Crippen LogP contribution < -0.4 is 16.0 Å². The average Bonchev–Trinajstić information content (AvgIpc) is 2.52. The van der Waals surface area contributed by atoms with Crippen LogP contribution in [0.15, 0.2) is 35.3 Å². The van der Waals surface area contributed by atoms with Crippen LogP contribution in [-0.4, -0.2) is 20.9 Å². The van der Waals surface area contributed by atoms with Crippen molar-refractivity contribution < 1.29 is 9.84 Å². The van der Waals surface area contributed by atoms with E-state index in [2.05, 4.69) is 6.07 Å². The molecule has 2 atom stereocenters. The third-order valence-electron chi connectivity index (χ3n) is 4.85.